The lowest BCUT2D eigenvalue weighted by Gasteiger charge is -2.58. The summed E-state index contributed by atoms with van der Waals surface area (Å²) in [5.74, 6) is 5.38. The summed E-state index contributed by atoms with van der Waals surface area (Å²) in [5, 5.41) is 0. The molecule has 5 aliphatic carbocycles. The second-order valence-corrected chi connectivity index (χ2v) is 10.6. The van der Waals surface area contributed by atoms with Crippen molar-refractivity contribution in [1.29, 1.82) is 0 Å². The van der Waals surface area contributed by atoms with Crippen molar-refractivity contribution in [3.8, 4) is 0 Å². The Bertz CT molecular complexity index is 738. The number of carbonyl (C=O) groups excluding carboxylic acids is 2. The number of fused-ring (bicyclic) bond motifs is 9. The van der Waals surface area contributed by atoms with Crippen LogP contribution < -0.4 is 0 Å². The van der Waals surface area contributed by atoms with Crippen molar-refractivity contribution >= 4 is 11.8 Å². The molecule has 0 aromatic heterocycles. The smallest absolute Gasteiger partial charge is 0.306 e. The van der Waals surface area contributed by atoms with Crippen LogP contribution in [0.2, 0.25) is 0 Å². The van der Waals surface area contributed by atoms with Crippen LogP contribution in [0.1, 0.15) is 65.2 Å². The van der Waals surface area contributed by atoms with E-state index >= 15 is 0 Å². The van der Waals surface area contributed by atoms with Crippen LogP contribution in [0.25, 0.3) is 0 Å². The number of ketones is 1. The second-order valence-electron chi connectivity index (χ2n) is 10.6. The minimum Gasteiger partial charge on any atom is -0.458 e. The van der Waals surface area contributed by atoms with Gasteiger partial charge in [0, 0.05) is 24.2 Å². The molecule has 6 aliphatic rings. The monoisotopic (exact) mass is 354 g/mol. The Morgan fingerprint density at radius 1 is 1.12 bits per heavy atom. The molecule has 1 spiro atoms. The lowest BCUT2D eigenvalue weighted by Crippen LogP contribution is -2.56. The van der Waals surface area contributed by atoms with Crippen LogP contribution >= 0.6 is 0 Å². The third kappa shape index (κ3) is 1.72. The van der Waals surface area contributed by atoms with E-state index in [1.165, 1.54) is 24.8 Å². The van der Waals surface area contributed by atoms with Gasteiger partial charge < -0.3 is 4.74 Å². The molecule has 3 heteroatoms. The molecule has 4 saturated carbocycles. The fourth-order valence-corrected chi connectivity index (χ4v) is 8.92. The van der Waals surface area contributed by atoms with Gasteiger partial charge in [-0.1, -0.05) is 19.4 Å². The molecular weight excluding hydrogens is 324 g/mol. The Hall–Kier alpha value is -1.12. The standard InChI is InChI=1S/C23H30O3/c1-12-9-13-10-14(24)3-4-15(13)16-5-7-22(2)21(20(12)16)17-11-18(17)23(22)8-6-19(25)26-23/h10,12,15-18,20-21H,3-9,11H2,1-2H3/t12-,15?,16?,17?,18?,20?,21?,22?,23?/m1/s1. The van der Waals surface area contributed by atoms with E-state index in [4.69, 9.17) is 4.74 Å². The molecule has 5 fully saturated rings. The van der Waals surface area contributed by atoms with Gasteiger partial charge in [-0.2, -0.15) is 0 Å². The number of rotatable bonds is 0. The highest BCUT2D eigenvalue weighted by atomic mass is 16.6. The molecule has 140 valence electrons. The molecule has 8 unspecified atom stereocenters. The van der Waals surface area contributed by atoms with Gasteiger partial charge in [-0.05, 0) is 80.1 Å². The quantitative estimate of drug-likeness (QED) is 0.609. The van der Waals surface area contributed by atoms with Gasteiger partial charge in [0.05, 0.1) is 0 Å². The predicted molar refractivity (Wildman–Crippen MR) is 97.1 cm³/mol. The van der Waals surface area contributed by atoms with E-state index in [9.17, 15) is 9.59 Å². The molecule has 0 amide bonds. The number of hydrogen-bond donors (Lipinski definition) is 0. The molecule has 0 aromatic rings. The Kier molecular flexibility index (Phi) is 2.95. The van der Waals surface area contributed by atoms with E-state index in [-0.39, 0.29) is 17.0 Å². The molecule has 9 atom stereocenters. The molecule has 1 saturated heterocycles. The molecule has 0 bridgehead atoms. The summed E-state index contributed by atoms with van der Waals surface area (Å²) in [6.45, 7) is 4.91. The van der Waals surface area contributed by atoms with Gasteiger partial charge in [-0.25, -0.2) is 0 Å². The number of carbonyl (C=O) groups is 2. The van der Waals surface area contributed by atoms with Crippen molar-refractivity contribution in [3.63, 3.8) is 0 Å². The maximum Gasteiger partial charge on any atom is 0.306 e. The van der Waals surface area contributed by atoms with Crippen molar-refractivity contribution in [2.45, 2.75) is 70.8 Å². The Morgan fingerprint density at radius 2 is 1.96 bits per heavy atom. The minimum atomic E-state index is -0.136. The lowest BCUT2D eigenvalue weighted by molar-refractivity contribution is -0.176. The first-order valence-electron chi connectivity index (χ1n) is 10.9. The molecule has 26 heavy (non-hydrogen) atoms. The van der Waals surface area contributed by atoms with Gasteiger partial charge in [0.2, 0.25) is 0 Å². The number of hydrogen-bond acceptors (Lipinski definition) is 3. The molecule has 0 N–H and O–H groups in total. The number of ether oxygens (including phenoxy) is 1. The zero-order valence-corrected chi connectivity index (χ0v) is 16.0. The summed E-state index contributed by atoms with van der Waals surface area (Å²) in [6.07, 6.45) is 10.3. The summed E-state index contributed by atoms with van der Waals surface area (Å²) < 4.78 is 6.18. The van der Waals surface area contributed by atoms with Gasteiger partial charge in [0.1, 0.15) is 5.60 Å². The third-order valence-electron chi connectivity index (χ3n) is 9.76. The Labute approximate surface area is 155 Å². The number of allylic oxidation sites excluding steroid dienone is 1. The highest BCUT2D eigenvalue weighted by Crippen LogP contribution is 2.78. The van der Waals surface area contributed by atoms with E-state index < -0.39 is 0 Å². The molecule has 3 nitrogen and oxygen atoms in total. The van der Waals surface area contributed by atoms with Crippen LogP contribution in [0.15, 0.2) is 11.6 Å². The van der Waals surface area contributed by atoms with Crippen LogP contribution in [0.4, 0.5) is 0 Å². The number of esters is 1. The second kappa shape index (κ2) is 4.83. The summed E-state index contributed by atoms with van der Waals surface area (Å²) in [6, 6.07) is 0. The normalized spacial score (nSPS) is 57.0. The summed E-state index contributed by atoms with van der Waals surface area (Å²) in [5.41, 5.74) is 1.52. The first kappa shape index (κ1) is 15.9. The highest BCUT2D eigenvalue weighted by Gasteiger charge is 2.78. The fraction of sp³-hybridized carbons (Fsp3) is 0.826. The van der Waals surface area contributed by atoms with Crippen molar-refractivity contribution in [2.75, 3.05) is 0 Å². The van der Waals surface area contributed by atoms with Crippen molar-refractivity contribution in [2.24, 2.45) is 46.8 Å². The summed E-state index contributed by atoms with van der Waals surface area (Å²) in [4.78, 5) is 24.0. The van der Waals surface area contributed by atoms with Gasteiger partial charge in [0.25, 0.3) is 0 Å². The maximum absolute atomic E-state index is 12.1. The van der Waals surface area contributed by atoms with E-state index in [1.54, 1.807) is 0 Å². The van der Waals surface area contributed by atoms with E-state index in [2.05, 4.69) is 13.8 Å². The minimum absolute atomic E-state index is 0.0485. The van der Waals surface area contributed by atoms with Crippen LogP contribution in [0, 0.1) is 46.8 Å². The largest absolute Gasteiger partial charge is 0.458 e. The molecular formula is C23H30O3. The average molecular weight is 354 g/mol. The van der Waals surface area contributed by atoms with Crippen molar-refractivity contribution < 1.29 is 14.3 Å². The fourth-order valence-electron chi connectivity index (χ4n) is 8.92. The maximum atomic E-state index is 12.1. The van der Waals surface area contributed by atoms with Gasteiger partial charge in [-0.15, -0.1) is 0 Å². The van der Waals surface area contributed by atoms with E-state index in [0.717, 1.165) is 49.4 Å². The predicted octanol–water partition coefficient (Wildman–Crippen LogP) is 4.31. The summed E-state index contributed by atoms with van der Waals surface area (Å²) in [7, 11) is 0. The van der Waals surface area contributed by atoms with Crippen LogP contribution in [-0.2, 0) is 14.3 Å². The Balaban J connectivity index is 1.40. The molecule has 0 radical (unpaired) electrons. The van der Waals surface area contributed by atoms with Crippen molar-refractivity contribution in [3.05, 3.63) is 11.6 Å². The third-order valence-corrected chi connectivity index (χ3v) is 9.76. The van der Waals surface area contributed by atoms with Gasteiger partial charge >= 0.3 is 5.97 Å². The molecule has 1 aliphatic heterocycles. The molecule has 1 heterocycles. The highest BCUT2D eigenvalue weighted by molar-refractivity contribution is 5.91. The first-order valence-corrected chi connectivity index (χ1v) is 10.9. The van der Waals surface area contributed by atoms with Crippen LogP contribution in [0.3, 0.4) is 0 Å². The summed E-state index contributed by atoms with van der Waals surface area (Å²) >= 11 is 0. The van der Waals surface area contributed by atoms with Crippen LogP contribution in [-0.4, -0.2) is 17.4 Å². The van der Waals surface area contributed by atoms with Gasteiger partial charge in [-0.3, -0.25) is 9.59 Å². The van der Waals surface area contributed by atoms with Crippen LogP contribution in [0.5, 0.6) is 0 Å². The average Bonchev–Trinajstić information content (AvgIpc) is 3.24. The zero-order chi connectivity index (χ0) is 17.8. The first-order chi connectivity index (χ1) is 12.4. The van der Waals surface area contributed by atoms with Gasteiger partial charge in [0.15, 0.2) is 5.78 Å². The SMILES string of the molecule is C[C@@H]1CC2=CC(=O)CCC2C2CCC3(C)C(C4CC4C34CCC(=O)O4)C21. The lowest BCUT2D eigenvalue weighted by atomic mass is 9.47. The Morgan fingerprint density at radius 3 is 2.73 bits per heavy atom. The van der Waals surface area contributed by atoms with E-state index in [1.807, 2.05) is 6.08 Å². The molecule has 6 rings (SSSR count). The van der Waals surface area contributed by atoms with E-state index in [0.29, 0.717) is 30.0 Å². The topological polar surface area (TPSA) is 43.4 Å². The van der Waals surface area contributed by atoms with Crippen molar-refractivity contribution in [1.82, 2.24) is 0 Å². The zero-order valence-electron chi connectivity index (χ0n) is 16.0. The molecule has 0 aromatic carbocycles.